The molecule has 0 aromatic heterocycles. The van der Waals surface area contributed by atoms with Crippen molar-refractivity contribution in [3.8, 4) is 0 Å². The Morgan fingerprint density at radius 2 is 2.24 bits per heavy atom. The van der Waals surface area contributed by atoms with Crippen LogP contribution >= 0.6 is 0 Å². The molecule has 116 valence electrons. The van der Waals surface area contributed by atoms with Crippen LogP contribution in [0.2, 0.25) is 0 Å². The molecule has 3 N–H and O–H groups in total. The Hall–Kier alpha value is -1.87. The normalized spacial score (nSPS) is 19.4. The van der Waals surface area contributed by atoms with Crippen molar-refractivity contribution in [2.24, 2.45) is 0 Å². The molecule has 1 fully saturated rings. The van der Waals surface area contributed by atoms with Gasteiger partial charge in [-0.1, -0.05) is 0 Å². The summed E-state index contributed by atoms with van der Waals surface area (Å²) in [7, 11) is -2.76. The summed E-state index contributed by atoms with van der Waals surface area (Å²) in [6.07, 6.45) is -0.201. The molecule has 9 heteroatoms. The van der Waals surface area contributed by atoms with Crippen molar-refractivity contribution >= 4 is 21.8 Å². The van der Waals surface area contributed by atoms with Crippen LogP contribution in [0.5, 0.6) is 0 Å². The van der Waals surface area contributed by atoms with Gasteiger partial charge in [0.05, 0.1) is 7.11 Å². The molecular weight excluding hydrogens is 301 g/mol. The molecule has 1 aliphatic heterocycles. The van der Waals surface area contributed by atoms with Gasteiger partial charge in [-0.15, -0.1) is 0 Å². The smallest absolute Gasteiger partial charge is 0.407 e. The van der Waals surface area contributed by atoms with E-state index < -0.39 is 26.8 Å². The Balaban J connectivity index is 2.18. The van der Waals surface area contributed by atoms with Crippen molar-refractivity contribution in [1.29, 1.82) is 0 Å². The van der Waals surface area contributed by atoms with Gasteiger partial charge in [0.25, 0.3) is 0 Å². The summed E-state index contributed by atoms with van der Waals surface area (Å²) < 4.78 is 44.1. The number of sulfonamides is 1. The quantitative estimate of drug-likeness (QED) is 0.792. The van der Waals surface area contributed by atoms with E-state index in [1.165, 1.54) is 13.2 Å². The molecule has 0 aliphatic carbocycles. The first kappa shape index (κ1) is 15.5. The lowest BCUT2D eigenvalue weighted by Gasteiger charge is -2.17. The average Bonchev–Trinajstić information content (AvgIpc) is 2.90. The van der Waals surface area contributed by atoms with Crippen LogP contribution < -0.4 is 11.1 Å². The number of halogens is 1. The molecule has 1 aromatic rings. The zero-order valence-electron chi connectivity index (χ0n) is 11.4. The third-order valence-corrected chi connectivity index (χ3v) is 5.11. The van der Waals surface area contributed by atoms with Crippen LogP contribution in [0.4, 0.5) is 14.9 Å². The fourth-order valence-corrected chi connectivity index (χ4v) is 3.75. The highest BCUT2D eigenvalue weighted by Gasteiger charge is 2.34. The van der Waals surface area contributed by atoms with Gasteiger partial charge in [0, 0.05) is 24.8 Å². The van der Waals surface area contributed by atoms with Gasteiger partial charge < -0.3 is 15.8 Å². The Morgan fingerprint density at radius 3 is 2.90 bits per heavy atom. The fraction of sp³-hybridized carbons (Fsp3) is 0.417. The van der Waals surface area contributed by atoms with Gasteiger partial charge in [0.15, 0.2) is 0 Å². The molecule has 0 bridgehead atoms. The predicted molar refractivity (Wildman–Crippen MR) is 73.5 cm³/mol. The first-order valence-corrected chi connectivity index (χ1v) is 7.68. The lowest BCUT2D eigenvalue weighted by Crippen LogP contribution is -2.38. The number of anilines is 1. The predicted octanol–water partition coefficient (Wildman–Crippen LogP) is 0.527. The van der Waals surface area contributed by atoms with Crippen LogP contribution in [0.3, 0.4) is 0 Å². The molecule has 1 aliphatic rings. The molecule has 0 spiro atoms. The Kier molecular flexibility index (Phi) is 4.33. The highest BCUT2D eigenvalue weighted by Crippen LogP contribution is 2.25. The fourth-order valence-electron chi connectivity index (χ4n) is 2.15. The zero-order chi connectivity index (χ0) is 15.6. The van der Waals surface area contributed by atoms with E-state index in [1.54, 1.807) is 0 Å². The largest absolute Gasteiger partial charge is 0.453 e. The number of nitrogens with one attached hydrogen (secondary N) is 1. The molecule has 0 radical (unpaired) electrons. The van der Waals surface area contributed by atoms with Crippen LogP contribution in [-0.4, -0.2) is 45.1 Å². The molecule has 1 saturated heterocycles. The summed E-state index contributed by atoms with van der Waals surface area (Å²) in [4.78, 5) is 10.7. The molecule has 1 heterocycles. The van der Waals surface area contributed by atoms with Crippen LogP contribution in [0.15, 0.2) is 23.1 Å². The van der Waals surface area contributed by atoms with Gasteiger partial charge in [0.1, 0.15) is 10.7 Å². The minimum absolute atomic E-state index is 0.0612. The van der Waals surface area contributed by atoms with Gasteiger partial charge in [0.2, 0.25) is 10.0 Å². The van der Waals surface area contributed by atoms with E-state index in [-0.39, 0.29) is 24.8 Å². The van der Waals surface area contributed by atoms with Crippen molar-refractivity contribution in [2.75, 3.05) is 25.9 Å². The number of carbonyl (C=O) groups is 1. The molecule has 2 rings (SSSR count). The number of hydrogen-bond donors (Lipinski definition) is 2. The van der Waals surface area contributed by atoms with E-state index in [0.717, 1.165) is 16.4 Å². The highest BCUT2D eigenvalue weighted by molar-refractivity contribution is 7.89. The summed E-state index contributed by atoms with van der Waals surface area (Å²) in [6.45, 7) is 0.247. The molecule has 0 saturated carbocycles. The van der Waals surface area contributed by atoms with Crippen LogP contribution in [0.25, 0.3) is 0 Å². The lowest BCUT2D eigenvalue weighted by molar-refractivity contribution is 0.167. The maximum atomic E-state index is 13.7. The minimum atomic E-state index is -3.98. The number of amides is 1. The number of benzene rings is 1. The van der Waals surface area contributed by atoms with Crippen LogP contribution in [-0.2, 0) is 14.8 Å². The average molecular weight is 317 g/mol. The van der Waals surface area contributed by atoms with Gasteiger partial charge in [-0.25, -0.2) is 17.6 Å². The van der Waals surface area contributed by atoms with E-state index in [0.29, 0.717) is 6.42 Å². The highest BCUT2D eigenvalue weighted by atomic mass is 32.2. The summed E-state index contributed by atoms with van der Waals surface area (Å²) in [5, 5.41) is 2.52. The number of carbonyl (C=O) groups excluding carboxylic acids is 1. The van der Waals surface area contributed by atoms with E-state index >= 15 is 0 Å². The van der Waals surface area contributed by atoms with E-state index in [1.807, 2.05) is 0 Å². The number of methoxy groups -OCH3 is 1. The number of alkyl carbamates (subject to hydrolysis) is 1. The van der Waals surface area contributed by atoms with E-state index in [4.69, 9.17) is 5.73 Å². The SMILES string of the molecule is COC(=O)NC1CCN(S(=O)(=O)c2cc(N)ccc2F)C1. The summed E-state index contributed by atoms with van der Waals surface area (Å²) >= 11 is 0. The first-order chi connectivity index (χ1) is 9.84. The number of nitrogens with zero attached hydrogens (tertiary/aromatic N) is 1. The Morgan fingerprint density at radius 1 is 1.52 bits per heavy atom. The molecule has 1 amide bonds. The maximum Gasteiger partial charge on any atom is 0.407 e. The second kappa shape index (κ2) is 5.86. The molecule has 7 nitrogen and oxygen atoms in total. The standard InChI is InChI=1S/C12H16FN3O4S/c1-20-12(17)15-9-4-5-16(7-9)21(18,19)11-6-8(14)2-3-10(11)13/h2-3,6,9H,4-5,7,14H2,1H3,(H,15,17). The Labute approximate surface area is 121 Å². The van der Waals surface area contributed by atoms with Crippen LogP contribution in [0, 0.1) is 5.82 Å². The summed E-state index contributed by atoms with van der Waals surface area (Å²) in [5.41, 5.74) is 5.68. The van der Waals surface area contributed by atoms with Gasteiger partial charge >= 0.3 is 6.09 Å². The van der Waals surface area contributed by atoms with Gasteiger partial charge in [-0.3, -0.25) is 0 Å². The van der Waals surface area contributed by atoms with Crippen molar-refractivity contribution in [3.05, 3.63) is 24.0 Å². The monoisotopic (exact) mass is 317 g/mol. The van der Waals surface area contributed by atoms with Crippen LogP contribution in [0.1, 0.15) is 6.42 Å². The Bertz CT molecular complexity index is 650. The van der Waals surface area contributed by atoms with Crippen molar-refractivity contribution < 1.29 is 22.3 Å². The lowest BCUT2D eigenvalue weighted by atomic mass is 10.3. The van der Waals surface area contributed by atoms with Crippen molar-refractivity contribution in [1.82, 2.24) is 9.62 Å². The number of ether oxygens (including phenoxy) is 1. The third-order valence-electron chi connectivity index (χ3n) is 3.23. The topological polar surface area (TPSA) is 102 Å². The minimum Gasteiger partial charge on any atom is -0.453 e. The number of hydrogen-bond acceptors (Lipinski definition) is 5. The first-order valence-electron chi connectivity index (χ1n) is 6.24. The number of rotatable bonds is 3. The van der Waals surface area contributed by atoms with Gasteiger partial charge in [-0.2, -0.15) is 4.31 Å². The maximum absolute atomic E-state index is 13.7. The molecule has 1 unspecified atom stereocenters. The molecule has 1 aromatic carbocycles. The van der Waals surface area contributed by atoms with Crippen molar-refractivity contribution in [2.45, 2.75) is 17.4 Å². The number of nitrogens with two attached hydrogens (primary N) is 1. The van der Waals surface area contributed by atoms with E-state index in [2.05, 4.69) is 10.1 Å². The molecular formula is C12H16FN3O4S. The molecule has 21 heavy (non-hydrogen) atoms. The van der Waals surface area contributed by atoms with E-state index in [9.17, 15) is 17.6 Å². The van der Waals surface area contributed by atoms with Crippen molar-refractivity contribution in [3.63, 3.8) is 0 Å². The van der Waals surface area contributed by atoms with Gasteiger partial charge in [-0.05, 0) is 24.6 Å². The number of nitrogen functional groups attached to an aromatic ring is 1. The second-order valence-corrected chi connectivity index (χ2v) is 6.58. The second-order valence-electron chi connectivity index (χ2n) is 4.67. The summed E-state index contributed by atoms with van der Waals surface area (Å²) in [5.74, 6) is -0.853. The third kappa shape index (κ3) is 3.24. The zero-order valence-corrected chi connectivity index (χ0v) is 12.2. The molecule has 1 atom stereocenters. The summed E-state index contributed by atoms with van der Waals surface area (Å²) in [6, 6.07) is 3.03.